The summed E-state index contributed by atoms with van der Waals surface area (Å²) in [6.07, 6.45) is 13.7. The molecule has 0 bridgehead atoms. The van der Waals surface area contributed by atoms with E-state index in [9.17, 15) is 0 Å². The van der Waals surface area contributed by atoms with Gasteiger partial charge in [-0.25, -0.2) is 0 Å². The molecule has 1 saturated carbocycles. The monoisotopic (exact) mass is 273 g/mol. The Hall–Kier alpha value is -0.850. The van der Waals surface area contributed by atoms with E-state index in [4.69, 9.17) is 0 Å². The highest BCUT2D eigenvalue weighted by Gasteiger charge is 2.32. The second-order valence-electron chi connectivity index (χ2n) is 7.95. The summed E-state index contributed by atoms with van der Waals surface area (Å²) in [5, 5.41) is 0. The van der Waals surface area contributed by atoms with Gasteiger partial charge in [0.1, 0.15) is 0 Å². The lowest BCUT2D eigenvalue weighted by Crippen LogP contribution is -2.29. The van der Waals surface area contributed by atoms with Crippen LogP contribution in [0.4, 0.5) is 0 Å². The van der Waals surface area contributed by atoms with E-state index >= 15 is 0 Å². The van der Waals surface area contributed by atoms with Gasteiger partial charge in [-0.05, 0) is 54.1 Å². The number of hydrogen-bond acceptors (Lipinski definition) is 1. The first-order valence-corrected chi connectivity index (χ1v) is 8.32. The number of hydrogen-bond donors (Lipinski definition) is 0. The van der Waals surface area contributed by atoms with Gasteiger partial charge in [-0.15, -0.1) is 0 Å². The average molecular weight is 273 g/mol. The maximum Gasteiger partial charge on any atom is 0.0305 e. The van der Waals surface area contributed by atoms with Crippen molar-refractivity contribution in [2.45, 2.75) is 78.1 Å². The van der Waals surface area contributed by atoms with E-state index in [0.717, 1.165) is 5.92 Å². The second kappa shape index (κ2) is 6.28. The van der Waals surface area contributed by atoms with Crippen LogP contribution in [0.5, 0.6) is 0 Å². The summed E-state index contributed by atoms with van der Waals surface area (Å²) in [6, 6.07) is 4.28. The molecular formula is C19H31N. The number of rotatable bonds is 5. The van der Waals surface area contributed by atoms with Gasteiger partial charge in [0.05, 0.1) is 0 Å². The van der Waals surface area contributed by atoms with Gasteiger partial charge in [-0.3, -0.25) is 4.98 Å². The molecule has 1 aliphatic carbocycles. The first kappa shape index (κ1) is 15.5. The first-order chi connectivity index (χ1) is 9.42. The Balaban J connectivity index is 1.96. The van der Waals surface area contributed by atoms with Crippen LogP contribution in [0.25, 0.3) is 0 Å². The molecule has 0 radical (unpaired) electrons. The Labute approximate surface area is 125 Å². The van der Waals surface area contributed by atoms with Gasteiger partial charge < -0.3 is 0 Å². The average Bonchev–Trinajstić information content (AvgIpc) is 2.47. The van der Waals surface area contributed by atoms with E-state index in [0.29, 0.717) is 5.41 Å². The molecule has 0 N–H and O–H groups in total. The van der Waals surface area contributed by atoms with Crippen molar-refractivity contribution in [3.63, 3.8) is 0 Å². The highest BCUT2D eigenvalue weighted by Crippen LogP contribution is 2.43. The molecule has 1 heterocycles. The molecule has 0 spiro atoms. The van der Waals surface area contributed by atoms with Crippen molar-refractivity contribution in [2.24, 2.45) is 11.3 Å². The molecule has 1 aromatic rings. The zero-order valence-electron chi connectivity index (χ0n) is 13.8. The van der Waals surface area contributed by atoms with Crippen molar-refractivity contribution in [3.05, 3.63) is 30.1 Å². The van der Waals surface area contributed by atoms with E-state index in [1.807, 2.05) is 12.4 Å². The summed E-state index contributed by atoms with van der Waals surface area (Å²) in [6.45, 7) is 9.70. The summed E-state index contributed by atoms with van der Waals surface area (Å²) < 4.78 is 0. The Morgan fingerprint density at radius 3 is 2.35 bits per heavy atom. The quantitative estimate of drug-likeness (QED) is 0.666. The van der Waals surface area contributed by atoms with Gasteiger partial charge in [0.2, 0.25) is 0 Å². The van der Waals surface area contributed by atoms with E-state index in [-0.39, 0.29) is 5.41 Å². The van der Waals surface area contributed by atoms with E-state index in [1.165, 1.54) is 50.5 Å². The smallest absolute Gasteiger partial charge is 0.0305 e. The van der Waals surface area contributed by atoms with E-state index in [1.54, 1.807) is 0 Å². The largest absolute Gasteiger partial charge is 0.264 e. The molecule has 112 valence electrons. The Morgan fingerprint density at radius 2 is 1.75 bits per heavy atom. The third kappa shape index (κ3) is 3.84. The minimum atomic E-state index is 0.236. The summed E-state index contributed by atoms with van der Waals surface area (Å²) in [5.41, 5.74) is 2.10. The van der Waals surface area contributed by atoms with Gasteiger partial charge in [0.15, 0.2) is 0 Å². The molecule has 1 fully saturated rings. The van der Waals surface area contributed by atoms with Gasteiger partial charge in [0, 0.05) is 12.4 Å². The third-order valence-corrected chi connectivity index (χ3v) is 5.55. The van der Waals surface area contributed by atoms with Crippen LogP contribution >= 0.6 is 0 Å². The van der Waals surface area contributed by atoms with Crippen LogP contribution in [0, 0.1) is 11.3 Å². The van der Waals surface area contributed by atoms with Crippen LogP contribution < -0.4 is 0 Å². The fourth-order valence-corrected chi connectivity index (χ4v) is 3.63. The van der Waals surface area contributed by atoms with Crippen molar-refractivity contribution < 1.29 is 0 Å². The lowest BCUT2D eigenvalue weighted by atomic mass is 9.66. The number of aromatic nitrogens is 1. The standard InChI is InChI=1S/C19H31N/c1-18(2,16-9-6-5-7-10-16)12-13-19(3,4)17-11-8-14-20-15-17/h8,11,14-16H,5-7,9-10,12-13H2,1-4H3. The topological polar surface area (TPSA) is 12.9 Å². The zero-order chi connectivity index (χ0) is 14.6. The fourth-order valence-electron chi connectivity index (χ4n) is 3.63. The lowest BCUT2D eigenvalue weighted by Gasteiger charge is -2.39. The molecule has 1 nitrogen and oxygen atoms in total. The lowest BCUT2D eigenvalue weighted by molar-refractivity contribution is 0.134. The van der Waals surface area contributed by atoms with Gasteiger partial charge in [-0.1, -0.05) is 53.0 Å². The molecular weight excluding hydrogens is 242 g/mol. The predicted molar refractivity (Wildman–Crippen MR) is 86.9 cm³/mol. The highest BCUT2D eigenvalue weighted by molar-refractivity contribution is 5.19. The number of nitrogens with zero attached hydrogens (tertiary/aromatic N) is 1. The third-order valence-electron chi connectivity index (χ3n) is 5.55. The molecule has 0 amide bonds. The molecule has 2 rings (SSSR count). The summed E-state index contributed by atoms with van der Waals surface area (Å²) >= 11 is 0. The van der Waals surface area contributed by atoms with Crippen LogP contribution in [0.2, 0.25) is 0 Å². The summed E-state index contributed by atoms with van der Waals surface area (Å²) in [7, 11) is 0. The Kier molecular flexibility index (Phi) is 4.88. The van der Waals surface area contributed by atoms with Crippen molar-refractivity contribution >= 4 is 0 Å². The molecule has 0 unspecified atom stereocenters. The van der Waals surface area contributed by atoms with E-state index in [2.05, 4.69) is 44.8 Å². The van der Waals surface area contributed by atoms with Crippen molar-refractivity contribution in [3.8, 4) is 0 Å². The van der Waals surface area contributed by atoms with Gasteiger partial charge in [0.25, 0.3) is 0 Å². The molecule has 0 saturated heterocycles. The first-order valence-electron chi connectivity index (χ1n) is 8.32. The zero-order valence-corrected chi connectivity index (χ0v) is 13.8. The molecule has 0 aliphatic heterocycles. The maximum atomic E-state index is 4.29. The second-order valence-corrected chi connectivity index (χ2v) is 7.95. The summed E-state index contributed by atoms with van der Waals surface area (Å²) in [5.74, 6) is 0.931. The fraction of sp³-hybridized carbons (Fsp3) is 0.737. The van der Waals surface area contributed by atoms with Crippen LogP contribution in [0.15, 0.2) is 24.5 Å². The van der Waals surface area contributed by atoms with Crippen molar-refractivity contribution in [1.82, 2.24) is 4.98 Å². The minimum Gasteiger partial charge on any atom is -0.264 e. The predicted octanol–water partition coefficient (Wildman–Crippen LogP) is 5.75. The molecule has 20 heavy (non-hydrogen) atoms. The molecule has 1 aromatic heterocycles. The van der Waals surface area contributed by atoms with Crippen LogP contribution in [0.1, 0.15) is 78.2 Å². The van der Waals surface area contributed by atoms with Crippen LogP contribution in [0.3, 0.4) is 0 Å². The van der Waals surface area contributed by atoms with E-state index < -0.39 is 0 Å². The van der Waals surface area contributed by atoms with Gasteiger partial charge >= 0.3 is 0 Å². The maximum absolute atomic E-state index is 4.29. The van der Waals surface area contributed by atoms with Crippen molar-refractivity contribution in [2.75, 3.05) is 0 Å². The SMILES string of the molecule is CC(C)(CCC(C)(C)C1CCCCC1)c1cccnc1. The molecule has 1 aliphatic rings. The Bertz CT molecular complexity index is 399. The van der Waals surface area contributed by atoms with Crippen LogP contribution in [-0.4, -0.2) is 4.98 Å². The Morgan fingerprint density at radius 1 is 1.05 bits per heavy atom. The van der Waals surface area contributed by atoms with Gasteiger partial charge in [-0.2, -0.15) is 0 Å². The molecule has 0 atom stereocenters. The number of pyridine rings is 1. The minimum absolute atomic E-state index is 0.236. The summed E-state index contributed by atoms with van der Waals surface area (Å²) in [4.78, 5) is 4.29. The normalized spacial score (nSPS) is 18.2. The molecule has 0 aromatic carbocycles. The molecule has 1 heteroatoms. The highest BCUT2D eigenvalue weighted by atomic mass is 14.6. The van der Waals surface area contributed by atoms with Crippen LogP contribution in [-0.2, 0) is 5.41 Å². The van der Waals surface area contributed by atoms with Crippen molar-refractivity contribution in [1.29, 1.82) is 0 Å².